The van der Waals surface area contributed by atoms with Gasteiger partial charge in [-0.1, -0.05) is 23.7 Å². The highest BCUT2D eigenvalue weighted by Crippen LogP contribution is 2.33. The molecule has 1 heterocycles. The number of nitro benzene ring substituents is 1. The number of pyridine rings is 1. The van der Waals surface area contributed by atoms with Crippen molar-refractivity contribution in [2.45, 2.75) is 12.5 Å². The molecule has 2 aromatic carbocycles. The van der Waals surface area contributed by atoms with Crippen LogP contribution < -0.4 is 15.8 Å². The summed E-state index contributed by atoms with van der Waals surface area (Å²) in [5, 5.41) is 14.2. The monoisotopic (exact) mass is 412 g/mol. The van der Waals surface area contributed by atoms with Crippen LogP contribution in [0.25, 0.3) is 0 Å². The third kappa shape index (κ3) is 5.50. The van der Waals surface area contributed by atoms with Crippen molar-refractivity contribution in [3.63, 3.8) is 0 Å². The highest BCUT2D eigenvalue weighted by atomic mass is 35.5. The number of hydrogen-bond donors (Lipinski definition) is 2. The van der Waals surface area contributed by atoms with E-state index < -0.39 is 11.0 Å². The zero-order chi connectivity index (χ0) is 20.8. The first kappa shape index (κ1) is 20.2. The predicted octanol–water partition coefficient (Wildman–Crippen LogP) is 3.94. The molecule has 0 unspecified atom stereocenters. The Labute approximate surface area is 171 Å². The first-order valence-corrected chi connectivity index (χ1v) is 8.97. The number of nitrogens with one attached hydrogen (secondary N) is 1. The molecule has 0 aliphatic carbocycles. The summed E-state index contributed by atoms with van der Waals surface area (Å²) in [5.41, 5.74) is 7.23. The molecule has 8 nitrogen and oxygen atoms in total. The van der Waals surface area contributed by atoms with Gasteiger partial charge in [-0.3, -0.25) is 19.9 Å². The van der Waals surface area contributed by atoms with Crippen LogP contribution in [0.3, 0.4) is 0 Å². The summed E-state index contributed by atoms with van der Waals surface area (Å²) in [6.07, 6.45) is 3.46. The average Bonchev–Trinajstić information content (AvgIpc) is 2.70. The lowest BCUT2D eigenvalue weighted by atomic mass is 10.1. The van der Waals surface area contributed by atoms with E-state index >= 15 is 0 Å². The minimum absolute atomic E-state index is 0.0451. The molecule has 0 saturated heterocycles. The molecule has 1 atom stereocenters. The third-order valence-corrected chi connectivity index (χ3v) is 4.25. The van der Waals surface area contributed by atoms with E-state index in [1.807, 2.05) is 0 Å². The van der Waals surface area contributed by atoms with Crippen LogP contribution in [0.4, 0.5) is 11.4 Å². The van der Waals surface area contributed by atoms with Crippen molar-refractivity contribution in [2.75, 3.05) is 5.32 Å². The Morgan fingerprint density at radius 1 is 1.17 bits per heavy atom. The molecule has 0 radical (unpaired) electrons. The fourth-order valence-corrected chi connectivity index (χ4v) is 2.72. The summed E-state index contributed by atoms with van der Waals surface area (Å²) in [5.74, 6) is 0.128. The van der Waals surface area contributed by atoms with Crippen molar-refractivity contribution < 1.29 is 14.5 Å². The summed E-state index contributed by atoms with van der Waals surface area (Å²) < 4.78 is 5.60. The second-order valence-electron chi connectivity index (χ2n) is 6.15. The highest BCUT2D eigenvalue weighted by Gasteiger charge is 2.17. The van der Waals surface area contributed by atoms with Crippen LogP contribution in [0.15, 0.2) is 67.0 Å². The zero-order valence-electron chi connectivity index (χ0n) is 15.1. The summed E-state index contributed by atoms with van der Waals surface area (Å²) >= 11 is 5.90. The maximum Gasteiger partial charge on any atom is 0.311 e. The van der Waals surface area contributed by atoms with Crippen molar-refractivity contribution in [3.05, 3.63) is 87.7 Å². The summed E-state index contributed by atoms with van der Waals surface area (Å²) in [7, 11) is 0. The van der Waals surface area contributed by atoms with Crippen molar-refractivity contribution in [1.29, 1.82) is 0 Å². The fraction of sp³-hybridized carbons (Fsp3) is 0.100. The molecule has 148 valence electrons. The summed E-state index contributed by atoms with van der Waals surface area (Å²) in [6.45, 7) is 0. The van der Waals surface area contributed by atoms with Crippen molar-refractivity contribution >= 4 is 28.9 Å². The molecule has 3 rings (SSSR count). The number of benzene rings is 2. The first-order chi connectivity index (χ1) is 13.9. The number of nitro groups is 1. The molecule has 9 heteroatoms. The second kappa shape index (κ2) is 9.13. The quantitative estimate of drug-likeness (QED) is 0.447. The van der Waals surface area contributed by atoms with E-state index in [2.05, 4.69) is 10.3 Å². The number of amides is 1. The van der Waals surface area contributed by atoms with Crippen LogP contribution in [-0.4, -0.2) is 21.9 Å². The Hall–Kier alpha value is -3.49. The topological polar surface area (TPSA) is 120 Å². The Morgan fingerprint density at radius 3 is 2.52 bits per heavy atom. The summed E-state index contributed by atoms with van der Waals surface area (Å²) in [6, 6.07) is 13.5. The molecular weight excluding hydrogens is 396 g/mol. The van der Waals surface area contributed by atoms with E-state index in [1.54, 1.807) is 48.8 Å². The molecule has 29 heavy (non-hydrogen) atoms. The molecule has 0 aliphatic heterocycles. The van der Waals surface area contributed by atoms with Gasteiger partial charge in [0.2, 0.25) is 11.7 Å². The molecule has 1 aromatic heterocycles. The molecule has 0 fully saturated rings. The Balaban J connectivity index is 1.64. The molecule has 3 aromatic rings. The van der Waals surface area contributed by atoms with Gasteiger partial charge in [-0.25, -0.2) is 0 Å². The zero-order valence-corrected chi connectivity index (χ0v) is 15.9. The van der Waals surface area contributed by atoms with Crippen molar-refractivity contribution in [2.24, 2.45) is 5.73 Å². The Kier molecular flexibility index (Phi) is 6.38. The van der Waals surface area contributed by atoms with Gasteiger partial charge in [-0.15, -0.1) is 0 Å². The molecule has 1 amide bonds. The number of anilines is 1. The molecular formula is C20H17ClN4O4. The average molecular weight is 413 g/mol. The van der Waals surface area contributed by atoms with E-state index in [4.69, 9.17) is 22.1 Å². The molecule has 0 aliphatic rings. The van der Waals surface area contributed by atoms with Gasteiger partial charge in [0.25, 0.3) is 0 Å². The second-order valence-corrected chi connectivity index (χ2v) is 6.59. The molecule has 0 bridgehead atoms. The largest absolute Gasteiger partial charge is 0.450 e. The highest BCUT2D eigenvalue weighted by molar-refractivity contribution is 6.30. The van der Waals surface area contributed by atoms with E-state index in [-0.39, 0.29) is 17.3 Å². The summed E-state index contributed by atoms with van der Waals surface area (Å²) in [4.78, 5) is 26.7. The Bertz CT molecular complexity index is 1010. The number of carbonyl (C=O) groups excluding carboxylic acids is 1. The molecule has 0 saturated carbocycles. The van der Waals surface area contributed by atoms with E-state index in [9.17, 15) is 14.9 Å². The van der Waals surface area contributed by atoms with Crippen LogP contribution in [0.2, 0.25) is 5.02 Å². The van der Waals surface area contributed by atoms with Gasteiger partial charge < -0.3 is 15.8 Å². The molecule has 0 spiro atoms. The number of halogens is 1. The van der Waals surface area contributed by atoms with Gasteiger partial charge in [0.1, 0.15) is 5.75 Å². The minimum atomic E-state index is -0.746. The van der Waals surface area contributed by atoms with Crippen molar-refractivity contribution in [3.8, 4) is 11.5 Å². The number of ether oxygens (including phenoxy) is 1. The fourth-order valence-electron chi connectivity index (χ4n) is 2.56. The number of carbonyl (C=O) groups is 1. The third-order valence-electron chi connectivity index (χ3n) is 4.01. The van der Waals surface area contributed by atoms with Gasteiger partial charge in [-0.05, 0) is 42.3 Å². The van der Waals surface area contributed by atoms with Gasteiger partial charge in [0.05, 0.1) is 11.0 Å². The van der Waals surface area contributed by atoms with Gasteiger partial charge in [-0.2, -0.15) is 0 Å². The number of nitrogens with zero attached hydrogens (tertiary/aromatic N) is 2. The van der Waals surface area contributed by atoms with Crippen LogP contribution >= 0.6 is 11.6 Å². The van der Waals surface area contributed by atoms with Crippen LogP contribution in [0, 0.1) is 10.1 Å². The normalized spacial score (nSPS) is 11.5. The number of rotatable bonds is 7. The van der Waals surface area contributed by atoms with E-state index in [0.29, 0.717) is 22.9 Å². The van der Waals surface area contributed by atoms with Crippen molar-refractivity contribution in [1.82, 2.24) is 4.98 Å². The van der Waals surface area contributed by atoms with E-state index in [0.717, 1.165) is 5.56 Å². The van der Waals surface area contributed by atoms with Crippen LogP contribution in [0.5, 0.6) is 11.5 Å². The Morgan fingerprint density at radius 2 is 1.86 bits per heavy atom. The SMILES string of the molecule is N[C@@H](Cc1ccc(Oc2cc(Cl)ccc2[N+](=O)[O-])cc1)C(=O)Nc1ccncc1. The standard InChI is InChI=1S/C20H17ClN4O4/c21-14-3-6-18(25(27)28)19(12-14)29-16-4-1-13(2-5-16)11-17(22)20(26)24-15-7-9-23-10-8-15/h1-10,12,17H,11,22H2,(H,23,24,26)/t17-/m0/s1. The molecule has 3 N–H and O–H groups in total. The van der Waals surface area contributed by atoms with Gasteiger partial charge in [0, 0.05) is 35.2 Å². The predicted molar refractivity (Wildman–Crippen MR) is 109 cm³/mol. The van der Waals surface area contributed by atoms with Crippen LogP contribution in [0.1, 0.15) is 5.56 Å². The lowest BCUT2D eigenvalue weighted by Gasteiger charge is -2.13. The lowest BCUT2D eigenvalue weighted by molar-refractivity contribution is -0.385. The maximum absolute atomic E-state index is 12.2. The number of nitrogens with two attached hydrogens (primary N) is 1. The van der Waals surface area contributed by atoms with Crippen LogP contribution in [-0.2, 0) is 11.2 Å². The van der Waals surface area contributed by atoms with Gasteiger partial charge in [0.15, 0.2) is 0 Å². The maximum atomic E-state index is 12.2. The number of hydrogen-bond acceptors (Lipinski definition) is 6. The minimum Gasteiger partial charge on any atom is -0.450 e. The van der Waals surface area contributed by atoms with Gasteiger partial charge >= 0.3 is 5.69 Å². The number of aromatic nitrogens is 1. The van der Waals surface area contributed by atoms with E-state index in [1.165, 1.54) is 18.2 Å². The first-order valence-electron chi connectivity index (χ1n) is 8.59. The lowest BCUT2D eigenvalue weighted by Crippen LogP contribution is -2.37. The smallest absolute Gasteiger partial charge is 0.311 e.